The summed E-state index contributed by atoms with van der Waals surface area (Å²) >= 11 is 0. The van der Waals surface area contributed by atoms with Gasteiger partial charge < -0.3 is 15.2 Å². The third kappa shape index (κ3) is 3.62. The lowest BCUT2D eigenvalue weighted by Gasteiger charge is -2.20. The van der Waals surface area contributed by atoms with Crippen molar-refractivity contribution < 1.29 is 18.0 Å². The predicted molar refractivity (Wildman–Crippen MR) is 91.0 cm³/mol. The first kappa shape index (κ1) is 17.4. The summed E-state index contributed by atoms with van der Waals surface area (Å²) in [6.07, 6.45) is -1.97. The maximum atomic E-state index is 12.2. The van der Waals surface area contributed by atoms with Gasteiger partial charge in [0.15, 0.2) is 5.65 Å². The Morgan fingerprint density at radius 2 is 2.19 bits per heavy atom. The van der Waals surface area contributed by atoms with Crippen LogP contribution in [0, 0.1) is 0 Å². The van der Waals surface area contributed by atoms with Crippen molar-refractivity contribution in [3.05, 3.63) is 18.5 Å². The molecule has 4 rings (SSSR count). The Kier molecular flexibility index (Phi) is 4.28. The maximum absolute atomic E-state index is 12.2. The zero-order chi connectivity index (χ0) is 19.0. The van der Waals surface area contributed by atoms with E-state index in [4.69, 9.17) is 0 Å². The van der Waals surface area contributed by atoms with Gasteiger partial charge in [-0.2, -0.15) is 18.3 Å². The summed E-state index contributed by atoms with van der Waals surface area (Å²) in [5.41, 5.74) is 1.86. The Morgan fingerprint density at radius 3 is 3.00 bits per heavy atom. The first-order valence-electron chi connectivity index (χ1n) is 8.47. The van der Waals surface area contributed by atoms with E-state index in [0.29, 0.717) is 30.8 Å². The lowest BCUT2D eigenvalue weighted by molar-refractivity contribution is -0.144. The van der Waals surface area contributed by atoms with Gasteiger partial charge in [0.25, 0.3) is 0 Å². The van der Waals surface area contributed by atoms with Gasteiger partial charge in [0, 0.05) is 37.1 Å². The minimum atomic E-state index is -4.33. The van der Waals surface area contributed by atoms with E-state index >= 15 is 0 Å². The van der Waals surface area contributed by atoms with Crippen LogP contribution >= 0.6 is 0 Å². The highest BCUT2D eigenvalue weighted by Crippen LogP contribution is 2.31. The van der Waals surface area contributed by atoms with Gasteiger partial charge in [-0.05, 0) is 12.5 Å². The molecule has 0 aliphatic carbocycles. The molecule has 4 heterocycles. The standard InChI is InChI=1S/C16H16F3N7O/c17-16(18,19)4-1-12(27)22-9-3-6-26(8-9)11-7-21-23-15-13(11)10-2-5-20-14(10)24-25-15/h2,5,7,9H,1,3-4,6,8H2,(H,20,24)(H,22,27). The van der Waals surface area contributed by atoms with Crippen LogP contribution in [0.4, 0.5) is 18.9 Å². The van der Waals surface area contributed by atoms with Gasteiger partial charge in [0.2, 0.25) is 11.6 Å². The number of H-pyrrole nitrogens is 1. The van der Waals surface area contributed by atoms with Crippen molar-refractivity contribution in [2.75, 3.05) is 18.0 Å². The Bertz CT molecular complexity index is 987. The molecule has 1 aliphatic rings. The zero-order valence-corrected chi connectivity index (χ0v) is 14.1. The lowest BCUT2D eigenvalue weighted by atomic mass is 10.2. The van der Waals surface area contributed by atoms with Crippen molar-refractivity contribution in [2.24, 2.45) is 0 Å². The molecule has 0 radical (unpaired) electrons. The molecule has 1 amide bonds. The fourth-order valence-electron chi connectivity index (χ4n) is 3.33. The molecule has 11 heteroatoms. The molecule has 1 saturated heterocycles. The van der Waals surface area contributed by atoms with E-state index in [1.807, 2.05) is 11.0 Å². The van der Waals surface area contributed by atoms with Gasteiger partial charge in [-0.3, -0.25) is 4.79 Å². The van der Waals surface area contributed by atoms with Gasteiger partial charge in [-0.25, -0.2) is 0 Å². The van der Waals surface area contributed by atoms with E-state index < -0.39 is 24.9 Å². The quantitative estimate of drug-likeness (QED) is 0.719. The number of nitrogens with zero attached hydrogens (tertiary/aromatic N) is 5. The second-order valence-corrected chi connectivity index (χ2v) is 6.48. The van der Waals surface area contributed by atoms with Crippen molar-refractivity contribution in [2.45, 2.75) is 31.5 Å². The molecule has 3 aromatic heterocycles. The minimum Gasteiger partial charge on any atom is -0.367 e. The molecule has 8 nitrogen and oxygen atoms in total. The third-order valence-corrected chi connectivity index (χ3v) is 4.58. The minimum absolute atomic E-state index is 0.217. The van der Waals surface area contributed by atoms with Crippen LogP contribution in [0.25, 0.3) is 22.1 Å². The van der Waals surface area contributed by atoms with Crippen molar-refractivity contribution in [1.82, 2.24) is 30.7 Å². The van der Waals surface area contributed by atoms with Crippen LogP contribution in [0.2, 0.25) is 0 Å². The monoisotopic (exact) mass is 379 g/mol. The summed E-state index contributed by atoms with van der Waals surface area (Å²) < 4.78 is 36.7. The first-order chi connectivity index (χ1) is 12.9. The number of halogens is 3. The normalized spacial score (nSPS) is 17.7. The van der Waals surface area contributed by atoms with E-state index in [0.717, 1.165) is 16.5 Å². The molecular formula is C16H16F3N7O. The number of anilines is 1. The summed E-state index contributed by atoms with van der Waals surface area (Å²) in [4.78, 5) is 16.8. The summed E-state index contributed by atoms with van der Waals surface area (Å²) in [5, 5.41) is 20.5. The molecule has 1 fully saturated rings. The van der Waals surface area contributed by atoms with Crippen molar-refractivity contribution in [1.29, 1.82) is 0 Å². The van der Waals surface area contributed by atoms with Crippen molar-refractivity contribution in [3.8, 4) is 0 Å². The van der Waals surface area contributed by atoms with Gasteiger partial charge >= 0.3 is 6.18 Å². The van der Waals surface area contributed by atoms with Gasteiger partial charge in [-0.1, -0.05) is 0 Å². The SMILES string of the molecule is O=C(CCC(F)(F)F)NC1CCN(c2cnnc3nnc4[nH]ccc4c23)C1. The van der Waals surface area contributed by atoms with Crippen LogP contribution in [0.1, 0.15) is 19.3 Å². The average molecular weight is 379 g/mol. The van der Waals surface area contributed by atoms with E-state index in [1.54, 1.807) is 12.4 Å². The molecule has 0 aromatic carbocycles. The number of alkyl halides is 3. The molecule has 1 unspecified atom stereocenters. The fraction of sp³-hybridized carbons (Fsp3) is 0.438. The lowest BCUT2D eigenvalue weighted by Crippen LogP contribution is -2.37. The molecule has 2 N–H and O–H groups in total. The Labute approximate surface area is 151 Å². The van der Waals surface area contributed by atoms with Crippen LogP contribution in [-0.4, -0.2) is 56.6 Å². The predicted octanol–water partition coefficient (Wildman–Crippen LogP) is 1.94. The van der Waals surface area contributed by atoms with E-state index in [-0.39, 0.29) is 6.04 Å². The van der Waals surface area contributed by atoms with Crippen LogP contribution < -0.4 is 10.2 Å². The molecule has 1 aliphatic heterocycles. The van der Waals surface area contributed by atoms with Gasteiger partial charge in [0.05, 0.1) is 23.7 Å². The van der Waals surface area contributed by atoms with E-state index in [2.05, 4.69) is 30.7 Å². The number of nitrogens with one attached hydrogen (secondary N) is 2. The van der Waals surface area contributed by atoms with Crippen molar-refractivity contribution in [3.63, 3.8) is 0 Å². The molecular weight excluding hydrogens is 363 g/mol. The number of rotatable bonds is 4. The van der Waals surface area contributed by atoms with Gasteiger partial charge in [-0.15, -0.1) is 15.3 Å². The van der Waals surface area contributed by atoms with E-state index in [9.17, 15) is 18.0 Å². The molecule has 1 atom stereocenters. The highest BCUT2D eigenvalue weighted by atomic mass is 19.4. The van der Waals surface area contributed by atoms with Crippen molar-refractivity contribution >= 4 is 33.7 Å². The number of carbonyl (C=O) groups excluding carboxylic acids is 1. The molecule has 27 heavy (non-hydrogen) atoms. The number of aromatic nitrogens is 5. The number of aromatic amines is 1. The average Bonchev–Trinajstić information content (AvgIpc) is 3.28. The number of fused-ring (bicyclic) bond motifs is 3. The number of hydrogen-bond acceptors (Lipinski definition) is 6. The van der Waals surface area contributed by atoms with Crippen LogP contribution in [-0.2, 0) is 4.79 Å². The molecule has 142 valence electrons. The Hall–Kier alpha value is -2.98. The second kappa shape index (κ2) is 6.63. The van der Waals surface area contributed by atoms with E-state index in [1.165, 1.54) is 0 Å². The molecule has 3 aromatic rings. The molecule has 0 bridgehead atoms. The number of carbonyl (C=O) groups is 1. The largest absolute Gasteiger partial charge is 0.389 e. The molecule has 0 spiro atoms. The first-order valence-corrected chi connectivity index (χ1v) is 8.47. The summed E-state index contributed by atoms with van der Waals surface area (Å²) in [6, 6.07) is 1.66. The number of hydrogen-bond donors (Lipinski definition) is 2. The van der Waals surface area contributed by atoms with Crippen LogP contribution in [0.3, 0.4) is 0 Å². The summed E-state index contributed by atoms with van der Waals surface area (Å²) in [7, 11) is 0. The Balaban J connectivity index is 1.51. The van der Waals surface area contributed by atoms with Crippen LogP contribution in [0.15, 0.2) is 18.5 Å². The molecule has 0 saturated carbocycles. The summed E-state index contributed by atoms with van der Waals surface area (Å²) in [6.45, 7) is 1.12. The highest BCUT2D eigenvalue weighted by Gasteiger charge is 2.30. The third-order valence-electron chi connectivity index (χ3n) is 4.58. The fourth-order valence-corrected chi connectivity index (χ4v) is 3.33. The zero-order valence-electron chi connectivity index (χ0n) is 14.1. The van der Waals surface area contributed by atoms with Crippen LogP contribution in [0.5, 0.6) is 0 Å². The van der Waals surface area contributed by atoms with Gasteiger partial charge in [0.1, 0.15) is 0 Å². The highest BCUT2D eigenvalue weighted by molar-refractivity contribution is 6.08. The summed E-state index contributed by atoms with van der Waals surface area (Å²) in [5.74, 6) is -0.587. The number of amides is 1. The smallest absolute Gasteiger partial charge is 0.367 e. The Morgan fingerprint density at radius 1 is 1.33 bits per heavy atom. The maximum Gasteiger partial charge on any atom is 0.389 e. The topological polar surface area (TPSA) is 99.7 Å². The second-order valence-electron chi connectivity index (χ2n) is 6.48.